The van der Waals surface area contributed by atoms with Crippen LogP contribution >= 0.6 is 0 Å². The summed E-state index contributed by atoms with van der Waals surface area (Å²) in [4.78, 5) is 23.4. The van der Waals surface area contributed by atoms with Crippen molar-refractivity contribution in [2.75, 3.05) is 0 Å². The van der Waals surface area contributed by atoms with Crippen LogP contribution in [-0.4, -0.2) is 23.6 Å². The zero-order valence-electron chi connectivity index (χ0n) is 12.6. The molecule has 0 saturated carbocycles. The normalized spacial score (nSPS) is 12.5. The Balaban J connectivity index is 2.85. The molecule has 0 saturated heterocycles. The molecule has 0 bridgehead atoms. The number of benzene rings is 1. The maximum Gasteiger partial charge on any atom is 0.408 e. The lowest BCUT2D eigenvalue weighted by Gasteiger charge is -2.23. The fourth-order valence-electron chi connectivity index (χ4n) is 1.72. The van der Waals surface area contributed by atoms with Gasteiger partial charge in [0.25, 0.3) is 5.91 Å². The van der Waals surface area contributed by atoms with Gasteiger partial charge in [-0.1, -0.05) is 0 Å². The van der Waals surface area contributed by atoms with Crippen LogP contribution in [0.25, 0.3) is 0 Å². The Kier molecular flexibility index (Phi) is 5.81. The average molecular weight is 315 g/mol. The van der Waals surface area contributed by atoms with Crippen molar-refractivity contribution >= 4 is 12.0 Å². The smallest absolute Gasteiger partial charge is 0.408 e. The summed E-state index contributed by atoms with van der Waals surface area (Å²) in [7, 11) is 0. The van der Waals surface area contributed by atoms with Crippen molar-refractivity contribution < 1.29 is 23.1 Å². The summed E-state index contributed by atoms with van der Waals surface area (Å²) in [5.41, 5.74) is 1.33. The molecule has 0 aliphatic heterocycles. The Bertz CT molecular complexity index is 539. The Hall–Kier alpha value is -2.22. The maximum atomic E-state index is 13.2. The van der Waals surface area contributed by atoms with Gasteiger partial charge in [-0.2, -0.15) is 0 Å². The van der Waals surface area contributed by atoms with E-state index in [2.05, 4.69) is 5.32 Å². The first-order valence-electron chi connectivity index (χ1n) is 6.55. The number of alkyl carbamates (subject to hydrolysis) is 1. The summed E-state index contributed by atoms with van der Waals surface area (Å²) >= 11 is 0. The molecule has 1 unspecified atom stereocenters. The van der Waals surface area contributed by atoms with E-state index in [0.717, 1.165) is 12.1 Å². The highest BCUT2D eigenvalue weighted by Crippen LogP contribution is 2.11. The summed E-state index contributed by atoms with van der Waals surface area (Å²) in [6, 6.07) is 1.72. The van der Waals surface area contributed by atoms with Gasteiger partial charge in [-0.15, -0.1) is 0 Å². The van der Waals surface area contributed by atoms with Crippen molar-refractivity contribution in [1.29, 1.82) is 0 Å². The number of rotatable bonds is 4. The lowest BCUT2D eigenvalue weighted by atomic mass is 10.1. The molecule has 1 rings (SSSR count). The summed E-state index contributed by atoms with van der Waals surface area (Å²) in [6.07, 6.45) is -0.977. The molecule has 0 radical (unpaired) electrons. The molecule has 0 heterocycles. The standard InChI is InChI=1S/C14H19F2N3O3/c1-14(2,3)22-13(21)18-11(12(20)19-17)6-8-4-9(15)7-10(16)5-8/h4-5,7,11H,6,17H2,1-3H3,(H,18,21)(H,19,20). The predicted molar refractivity (Wildman–Crippen MR) is 75.5 cm³/mol. The maximum absolute atomic E-state index is 13.2. The minimum Gasteiger partial charge on any atom is -0.444 e. The molecule has 0 spiro atoms. The SMILES string of the molecule is CC(C)(C)OC(=O)NC(Cc1cc(F)cc(F)c1)C(=O)NN. The first-order chi connectivity index (χ1) is 10.1. The van der Waals surface area contributed by atoms with Crippen molar-refractivity contribution in [2.24, 2.45) is 5.84 Å². The van der Waals surface area contributed by atoms with Gasteiger partial charge in [-0.05, 0) is 38.5 Å². The Morgan fingerprint density at radius 3 is 2.23 bits per heavy atom. The molecule has 22 heavy (non-hydrogen) atoms. The van der Waals surface area contributed by atoms with Gasteiger partial charge in [0.2, 0.25) is 0 Å². The van der Waals surface area contributed by atoms with E-state index >= 15 is 0 Å². The molecular formula is C14H19F2N3O3. The molecule has 6 nitrogen and oxygen atoms in total. The van der Waals surface area contributed by atoms with E-state index in [4.69, 9.17) is 10.6 Å². The molecule has 1 aromatic rings. The second-order valence-electron chi connectivity index (χ2n) is 5.69. The van der Waals surface area contributed by atoms with Crippen LogP contribution in [0.3, 0.4) is 0 Å². The zero-order chi connectivity index (χ0) is 16.9. The van der Waals surface area contributed by atoms with E-state index in [-0.39, 0.29) is 12.0 Å². The average Bonchev–Trinajstić information content (AvgIpc) is 2.33. The number of nitrogens with one attached hydrogen (secondary N) is 2. The van der Waals surface area contributed by atoms with Crippen LogP contribution in [-0.2, 0) is 16.0 Å². The van der Waals surface area contributed by atoms with E-state index in [0.29, 0.717) is 6.07 Å². The van der Waals surface area contributed by atoms with Gasteiger partial charge < -0.3 is 10.1 Å². The second-order valence-corrected chi connectivity index (χ2v) is 5.69. The number of amides is 2. The van der Waals surface area contributed by atoms with E-state index in [9.17, 15) is 18.4 Å². The molecule has 4 N–H and O–H groups in total. The van der Waals surface area contributed by atoms with Crippen molar-refractivity contribution in [3.8, 4) is 0 Å². The van der Waals surface area contributed by atoms with E-state index < -0.39 is 35.3 Å². The van der Waals surface area contributed by atoms with Gasteiger partial charge in [0.1, 0.15) is 23.3 Å². The number of carbonyl (C=O) groups is 2. The number of ether oxygens (including phenoxy) is 1. The van der Waals surface area contributed by atoms with Crippen LogP contribution in [0.5, 0.6) is 0 Å². The molecule has 2 amide bonds. The molecule has 1 aromatic carbocycles. The van der Waals surface area contributed by atoms with Crippen LogP contribution in [0.2, 0.25) is 0 Å². The van der Waals surface area contributed by atoms with Crippen LogP contribution in [0.15, 0.2) is 18.2 Å². The lowest BCUT2D eigenvalue weighted by molar-refractivity contribution is -0.123. The second kappa shape index (κ2) is 7.17. The van der Waals surface area contributed by atoms with Gasteiger partial charge in [0.05, 0.1) is 0 Å². The molecule has 0 fully saturated rings. The monoisotopic (exact) mass is 315 g/mol. The number of nitrogens with two attached hydrogens (primary N) is 1. The van der Waals surface area contributed by atoms with Gasteiger partial charge in [-0.3, -0.25) is 10.2 Å². The first kappa shape index (κ1) is 17.8. The largest absolute Gasteiger partial charge is 0.444 e. The highest BCUT2D eigenvalue weighted by atomic mass is 19.1. The fraction of sp³-hybridized carbons (Fsp3) is 0.429. The molecule has 122 valence electrons. The van der Waals surface area contributed by atoms with Crippen molar-refractivity contribution in [3.63, 3.8) is 0 Å². The molecule has 0 aromatic heterocycles. The molecule has 0 aliphatic carbocycles. The number of hydrazine groups is 1. The Labute approximate surface area is 127 Å². The van der Waals surface area contributed by atoms with Crippen LogP contribution in [0, 0.1) is 11.6 Å². The van der Waals surface area contributed by atoms with E-state index in [1.54, 1.807) is 20.8 Å². The van der Waals surface area contributed by atoms with Gasteiger partial charge in [0, 0.05) is 12.5 Å². The quantitative estimate of drug-likeness (QED) is 0.445. The molecule has 1 atom stereocenters. The van der Waals surface area contributed by atoms with E-state index in [1.165, 1.54) is 0 Å². The van der Waals surface area contributed by atoms with Crippen molar-refractivity contribution in [1.82, 2.24) is 10.7 Å². The Morgan fingerprint density at radius 2 is 1.77 bits per heavy atom. The molecule has 0 aliphatic rings. The summed E-state index contributed by atoms with van der Waals surface area (Å²) in [5.74, 6) is 2.78. The third kappa shape index (κ3) is 6.04. The lowest BCUT2D eigenvalue weighted by Crippen LogP contribution is -2.51. The molecule has 8 heteroatoms. The minimum atomic E-state index is -1.12. The summed E-state index contributed by atoms with van der Waals surface area (Å²) in [6.45, 7) is 4.98. The first-order valence-corrected chi connectivity index (χ1v) is 6.55. The zero-order valence-corrected chi connectivity index (χ0v) is 12.6. The topological polar surface area (TPSA) is 93.4 Å². The van der Waals surface area contributed by atoms with Gasteiger partial charge in [-0.25, -0.2) is 19.4 Å². The minimum absolute atomic E-state index is 0.142. The highest BCUT2D eigenvalue weighted by molar-refractivity contribution is 5.85. The number of carbonyl (C=O) groups excluding carboxylic acids is 2. The van der Waals surface area contributed by atoms with Crippen LogP contribution in [0.4, 0.5) is 13.6 Å². The third-order valence-electron chi connectivity index (χ3n) is 2.51. The molecular weight excluding hydrogens is 296 g/mol. The summed E-state index contributed by atoms with van der Waals surface area (Å²) in [5, 5.41) is 2.31. The van der Waals surface area contributed by atoms with Crippen LogP contribution in [0.1, 0.15) is 26.3 Å². The van der Waals surface area contributed by atoms with E-state index in [1.807, 2.05) is 5.43 Å². The van der Waals surface area contributed by atoms with Gasteiger partial charge in [0.15, 0.2) is 0 Å². The highest BCUT2D eigenvalue weighted by Gasteiger charge is 2.24. The fourth-order valence-corrected chi connectivity index (χ4v) is 1.72. The van der Waals surface area contributed by atoms with Crippen molar-refractivity contribution in [2.45, 2.75) is 38.8 Å². The third-order valence-corrected chi connectivity index (χ3v) is 2.51. The number of halogens is 2. The summed E-state index contributed by atoms with van der Waals surface area (Å²) < 4.78 is 31.4. The van der Waals surface area contributed by atoms with Crippen molar-refractivity contribution in [3.05, 3.63) is 35.4 Å². The van der Waals surface area contributed by atoms with Gasteiger partial charge >= 0.3 is 6.09 Å². The van der Waals surface area contributed by atoms with Crippen LogP contribution < -0.4 is 16.6 Å². The number of hydrogen-bond donors (Lipinski definition) is 3. The number of hydrogen-bond acceptors (Lipinski definition) is 4. The predicted octanol–water partition coefficient (Wildman–Crippen LogP) is 1.39. The Morgan fingerprint density at radius 1 is 1.23 bits per heavy atom.